The van der Waals surface area contributed by atoms with Crippen LogP contribution in [0.5, 0.6) is 5.75 Å². The van der Waals surface area contributed by atoms with Crippen LogP contribution in [0.15, 0.2) is 46.9 Å². The van der Waals surface area contributed by atoms with Crippen molar-refractivity contribution >= 4 is 15.9 Å². The number of hydrogen-bond donors (Lipinski definition) is 1. The number of aryl methyl sites for hydroxylation is 1. The third-order valence-corrected chi connectivity index (χ3v) is 3.80. The van der Waals surface area contributed by atoms with Crippen LogP contribution in [0.25, 0.3) is 0 Å². The quantitative estimate of drug-likeness (QED) is 0.921. The Hall–Kier alpha value is -1.32. The van der Waals surface area contributed by atoms with Crippen LogP contribution in [-0.2, 0) is 6.42 Å². The van der Waals surface area contributed by atoms with Gasteiger partial charge in [0.15, 0.2) is 0 Å². The van der Waals surface area contributed by atoms with E-state index in [1.807, 2.05) is 49.4 Å². The molecule has 3 heteroatoms. The number of benzene rings is 2. The molecular formula is C16H17BrO2. The first-order valence-corrected chi connectivity index (χ1v) is 6.96. The van der Waals surface area contributed by atoms with Crippen molar-refractivity contribution in [3.05, 3.63) is 63.6 Å². The molecular weight excluding hydrogens is 304 g/mol. The monoisotopic (exact) mass is 320 g/mol. The summed E-state index contributed by atoms with van der Waals surface area (Å²) in [4.78, 5) is 0. The minimum absolute atomic E-state index is 0.526. The van der Waals surface area contributed by atoms with E-state index in [9.17, 15) is 5.11 Å². The van der Waals surface area contributed by atoms with Crippen LogP contribution in [0.2, 0.25) is 0 Å². The van der Waals surface area contributed by atoms with Gasteiger partial charge in [0.25, 0.3) is 0 Å². The van der Waals surface area contributed by atoms with Crippen molar-refractivity contribution in [3.63, 3.8) is 0 Å². The predicted molar refractivity (Wildman–Crippen MR) is 80.5 cm³/mol. The van der Waals surface area contributed by atoms with Gasteiger partial charge >= 0.3 is 0 Å². The average Bonchev–Trinajstić information content (AvgIpc) is 2.41. The maximum Gasteiger partial charge on any atom is 0.119 e. The third-order valence-electron chi connectivity index (χ3n) is 3.07. The first kappa shape index (κ1) is 14.1. The van der Waals surface area contributed by atoms with Gasteiger partial charge in [-0.25, -0.2) is 0 Å². The lowest BCUT2D eigenvalue weighted by Gasteiger charge is -2.14. The summed E-state index contributed by atoms with van der Waals surface area (Å²) < 4.78 is 6.13. The van der Waals surface area contributed by atoms with Crippen molar-refractivity contribution < 1.29 is 9.84 Å². The Morgan fingerprint density at radius 1 is 1.21 bits per heavy atom. The Kier molecular flexibility index (Phi) is 4.61. The Morgan fingerprint density at radius 2 is 2.00 bits per heavy atom. The number of methoxy groups -OCH3 is 1. The Morgan fingerprint density at radius 3 is 2.74 bits per heavy atom. The molecule has 2 rings (SSSR count). The Labute approximate surface area is 122 Å². The summed E-state index contributed by atoms with van der Waals surface area (Å²) in [5.74, 6) is 0.813. The molecule has 1 atom stereocenters. The van der Waals surface area contributed by atoms with E-state index in [1.165, 1.54) is 0 Å². The van der Waals surface area contributed by atoms with Crippen molar-refractivity contribution in [1.82, 2.24) is 0 Å². The lowest BCUT2D eigenvalue weighted by molar-refractivity contribution is 0.177. The summed E-state index contributed by atoms with van der Waals surface area (Å²) in [7, 11) is 1.65. The normalized spacial score (nSPS) is 12.2. The van der Waals surface area contributed by atoms with Crippen LogP contribution in [-0.4, -0.2) is 12.2 Å². The molecule has 0 bridgehead atoms. The molecule has 19 heavy (non-hydrogen) atoms. The van der Waals surface area contributed by atoms with Crippen molar-refractivity contribution in [2.45, 2.75) is 19.4 Å². The van der Waals surface area contributed by atoms with Crippen LogP contribution in [0.1, 0.15) is 22.8 Å². The van der Waals surface area contributed by atoms with Crippen LogP contribution < -0.4 is 4.74 Å². The molecule has 1 N–H and O–H groups in total. The fourth-order valence-electron chi connectivity index (χ4n) is 2.05. The Balaban J connectivity index is 2.20. The molecule has 100 valence electrons. The van der Waals surface area contributed by atoms with E-state index in [1.54, 1.807) is 7.11 Å². The highest BCUT2D eigenvalue weighted by atomic mass is 79.9. The molecule has 2 aromatic rings. The highest BCUT2D eigenvalue weighted by Crippen LogP contribution is 2.27. The number of ether oxygens (including phenoxy) is 1. The van der Waals surface area contributed by atoms with Gasteiger partial charge in [0.2, 0.25) is 0 Å². The highest BCUT2D eigenvalue weighted by Gasteiger charge is 2.12. The molecule has 0 spiro atoms. The topological polar surface area (TPSA) is 29.5 Å². The van der Waals surface area contributed by atoms with Gasteiger partial charge in [-0.2, -0.15) is 0 Å². The van der Waals surface area contributed by atoms with Crippen LogP contribution >= 0.6 is 15.9 Å². The molecule has 1 unspecified atom stereocenters. The molecule has 0 fully saturated rings. The molecule has 0 aliphatic rings. The fraction of sp³-hybridized carbons (Fsp3) is 0.250. The van der Waals surface area contributed by atoms with Gasteiger partial charge < -0.3 is 9.84 Å². The summed E-state index contributed by atoms with van der Waals surface area (Å²) in [6, 6.07) is 13.8. The first-order chi connectivity index (χ1) is 9.10. The van der Waals surface area contributed by atoms with E-state index in [-0.39, 0.29) is 0 Å². The average molecular weight is 321 g/mol. The molecule has 0 heterocycles. The van der Waals surface area contributed by atoms with Crippen molar-refractivity contribution in [2.75, 3.05) is 7.11 Å². The SMILES string of the molecule is COc1cccc(CC(O)c2cc(C)ccc2Br)c1. The summed E-state index contributed by atoms with van der Waals surface area (Å²) in [6.45, 7) is 2.02. The largest absolute Gasteiger partial charge is 0.497 e. The van der Waals surface area contributed by atoms with Crippen LogP contribution in [0.4, 0.5) is 0 Å². The second kappa shape index (κ2) is 6.22. The summed E-state index contributed by atoms with van der Waals surface area (Å²) >= 11 is 3.49. The molecule has 0 amide bonds. The van der Waals surface area contributed by atoms with Gasteiger partial charge in [-0.05, 0) is 36.2 Å². The zero-order valence-corrected chi connectivity index (χ0v) is 12.6. The zero-order chi connectivity index (χ0) is 13.8. The maximum atomic E-state index is 10.4. The van der Waals surface area contributed by atoms with Crippen LogP contribution in [0.3, 0.4) is 0 Å². The van der Waals surface area contributed by atoms with Gasteiger partial charge in [-0.15, -0.1) is 0 Å². The summed E-state index contributed by atoms with van der Waals surface area (Å²) in [5, 5.41) is 10.4. The number of rotatable bonds is 4. The lowest BCUT2D eigenvalue weighted by Crippen LogP contribution is -2.03. The first-order valence-electron chi connectivity index (χ1n) is 6.17. The second-order valence-corrected chi connectivity index (χ2v) is 5.45. The van der Waals surface area contributed by atoms with Crippen molar-refractivity contribution in [1.29, 1.82) is 0 Å². The Bertz CT molecular complexity index is 566. The van der Waals surface area contributed by atoms with Gasteiger partial charge in [0.1, 0.15) is 5.75 Å². The molecule has 0 aromatic heterocycles. The van der Waals surface area contributed by atoms with E-state index in [4.69, 9.17) is 4.74 Å². The van der Waals surface area contributed by atoms with E-state index in [0.29, 0.717) is 6.42 Å². The summed E-state index contributed by atoms with van der Waals surface area (Å²) in [5.41, 5.74) is 3.12. The third kappa shape index (κ3) is 3.58. The second-order valence-electron chi connectivity index (χ2n) is 4.60. The van der Waals surface area contributed by atoms with Gasteiger partial charge in [-0.1, -0.05) is 45.8 Å². The summed E-state index contributed by atoms with van der Waals surface area (Å²) in [6.07, 6.45) is 0.0422. The standard InChI is InChI=1S/C16H17BrO2/c1-11-6-7-15(17)14(8-11)16(18)10-12-4-3-5-13(9-12)19-2/h3-9,16,18H,10H2,1-2H3. The molecule has 2 nitrogen and oxygen atoms in total. The maximum absolute atomic E-state index is 10.4. The zero-order valence-electron chi connectivity index (χ0n) is 11.1. The lowest BCUT2D eigenvalue weighted by atomic mass is 10.00. The van der Waals surface area contributed by atoms with Crippen molar-refractivity contribution in [2.24, 2.45) is 0 Å². The number of aliphatic hydroxyl groups is 1. The fourth-order valence-corrected chi connectivity index (χ4v) is 2.56. The highest BCUT2D eigenvalue weighted by molar-refractivity contribution is 9.10. The smallest absolute Gasteiger partial charge is 0.119 e. The minimum Gasteiger partial charge on any atom is -0.497 e. The minimum atomic E-state index is -0.526. The van der Waals surface area contributed by atoms with E-state index in [0.717, 1.165) is 26.9 Å². The molecule has 0 saturated carbocycles. The molecule has 0 radical (unpaired) electrons. The van der Waals surface area contributed by atoms with Gasteiger partial charge in [0, 0.05) is 10.9 Å². The van der Waals surface area contributed by atoms with E-state index >= 15 is 0 Å². The van der Waals surface area contributed by atoms with Crippen molar-refractivity contribution in [3.8, 4) is 5.75 Å². The molecule has 0 aliphatic carbocycles. The predicted octanol–water partition coefficient (Wildman–Crippen LogP) is 4.04. The van der Waals surface area contributed by atoms with E-state index < -0.39 is 6.10 Å². The molecule has 2 aromatic carbocycles. The number of halogens is 1. The van der Waals surface area contributed by atoms with Gasteiger partial charge in [0.05, 0.1) is 13.2 Å². The molecule has 0 aliphatic heterocycles. The van der Waals surface area contributed by atoms with E-state index in [2.05, 4.69) is 15.9 Å². The number of aliphatic hydroxyl groups excluding tert-OH is 1. The van der Waals surface area contributed by atoms with Crippen LogP contribution in [0, 0.1) is 6.92 Å². The van der Waals surface area contributed by atoms with Gasteiger partial charge in [-0.3, -0.25) is 0 Å². The number of hydrogen-bond acceptors (Lipinski definition) is 2. The molecule has 0 saturated heterocycles.